The van der Waals surface area contributed by atoms with Crippen molar-refractivity contribution >= 4 is 40.5 Å². The number of amides is 1. The van der Waals surface area contributed by atoms with E-state index in [0.717, 1.165) is 24.5 Å². The lowest BCUT2D eigenvalue weighted by Crippen LogP contribution is -2.39. The van der Waals surface area contributed by atoms with Crippen LogP contribution in [0.1, 0.15) is 20.3 Å². The number of hydrogen-bond acceptors (Lipinski definition) is 2. The predicted octanol–water partition coefficient (Wildman–Crippen LogP) is 4.00. The van der Waals surface area contributed by atoms with Gasteiger partial charge in [0, 0.05) is 18.1 Å². The van der Waals surface area contributed by atoms with E-state index < -0.39 is 0 Å². The summed E-state index contributed by atoms with van der Waals surface area (Å²) in [7, 11) is 0. The monoisotopic (exact) mass is 314 g/mol. The van der Waals surface area contributed by atoms with Crippen molar-refractivity contribution in [3.05, 3.63) is 23.2 Å². The van der Waals surface area contributed by atoms with Gasteiger partial charge in [0.25, 0.3) is 0 Å². The van der Waals surface area contributed by atoms with Crippen molar-refractivity contribution in [3.8, 4) is 0 Å². The summed E-state index contributed by atoms with van der Waals surface area (Å²) < 4.78 is 0. The topological polar surface area (TPSA) is 32.3 Å². The molecule has 1 aromatic carbocycles. The molecule has 1 aliphatic heterocycles. The Kier molecular flexibility index (Phi) is 5.17. The molecule has 5 heteroatoms. The van der Waals surface area contributed by atoms with Crippen LogP contribution in [0.15, 0.2) is 18.2 Å². The summed E-state index contributed by atoms with van der Waals surface area (Å²) in [6, 6.07) is 5.61. The Morgan fingerprint density at radius 1 is 1.35 bits per heavy atom. The highest BCUT2D eigenvalue weighted by Crippen LogP contribution is 2.33. The van der Waals surface area contributed by atoms with Crippen molar-refractivity contribution in [1.29, 1.82) is 0 Å². The second-order valence-corrected chi connectivity index (χ2v) is 6.40. The number of alkyl halides is 1. The fourth-order valence-corrected chi connectivity index (χ4v) is 3.17. The molecule has 0 spiro atoms. The number of halogens is 2. The van der Waals surface area contributed by atoms with Crippen molar-refractivity contribution in [2.24, 2.45) is 11.8 Å². The molecule has 2 atom stereocenters. The molecule has 20 heavy (non-hydrogen) atoms. The molecule has 1 N–H and O–H groups in total. The molecule has 110 valence electrons. The van der Waals surface area contributed by atoms with Crippen LogP contribution >= 0.6 is 23.2 Å². The Hall–Kier alpha value is -0.930. The molecule has 0 saturated carbocycles. The van der Waals surface area contributed by atoms with Crippen LogP contribution in [-0.4, -0.2) is 24.9 Å². The summed E-state index contributed by atoms with van der Waals surface area (Å²) >= 11 is 11.6. The first kappa shape index (κ1) is 15.5. The molecule has 0 unspecified atom stereocenters. The minimum absolute atomic E-state index is 0.0568. The lowest BCUT2D eigenvalue weighted by atomic mass is 9.91. The zero-order chi connectivity index (χ0) is 14.7. The summed E-state index contributed by atoms with van der Waals surface area (Å²) in [6.07, 6.45) is 1.24. The average molecular weight is 315 g/mol. The second-order valence-electron chi connectivity index (χ2n) is 5.69. The SMILES string of the molecule is C[C@@H]1C[C@@H](C)CN(c2ccc(Cl)cc2NC(=O)CCl)C1. The third-order valence-corrected chi connectivity index (χ3v) is 4.04. The highest BCUT2D eigenvalue weighted by atomic mass is 35.5. The van der Waals surface area contributed by atoms with Crippen LogP contribution in [-0.2, 0) is 4.79 Å². The molecule has 0 radical (unpaired) electrons. The number of carbonyl (C=O) groups excluding carboxylic acids is 1. The van der Waals surface area contributed by atoms with Gasteiger partial charge in [-0.2, -0.15) is 0 Å². The van der Waals surface area contributed by atoms with Gasteiger partial charge in [-0.1, -0.05) is 25.4 Å². The summed E-state index contributed by atoms with van der Waals surface area (Å²) in [5.74, 6) is 1.02. The molecule has 1 saturated heterocycles. The van der Waals surface area contributed by atoms with Gasteiger partial charge in [-0.05, 0) is 36.5 Å². The summed E-state index contributed by atoms with van der Waals surface area (Å²) in [4.78, 5) is 13.9. The first-order valence-corrected chi connectivity index (χ1v) is 7.81. The second kappa shape index (κ2) is 6.68. The fourth-order valence-electron chi connectivity index (χ4n) is 2.93. The van der Waals surface area contributed by atoms with Gasteiger partial charge < -0.3 is 10.2 Å². The standard InChI is InChI=1S/C15H20Cl2N2O/c1-10-5-11(2)9-19(8-10)14-4-3-12(17)6-13(14)18-15(20)7-16/h3-4,6,10-11H,5,7-9H2,1-2H3,(H,18,20)/t10-,11-/m1/s1. The Bertz CT molecular complexity index is 483. The largest absolute Gasteiger partial charge is 0.369 e. The number of nitrogens with one attached hydrogen (secondary N) is 1. The van der Waals surface area contributed by atoms with Crippen molar-refractivity contribution in [2.75, 3.05) is 29.2 Å². The van der Waals surface area contributed by atoms with E-state index in [1.54, 1.807) is 6.07 Å². The molecule has 0 bridgehead atoms. The zero-order valence-electron chi connectivity index (χ0n) is 11.8. The highest BCUT2D eigenvalue weighted by Gasteiger charge is 2.24. The van der Waals surface area contributed by atoms with E-state index in [-0.39, 0.29) is 11.8 Å². The Morgan fingerprint density at radius 2 is 2.00 bits per heavy atom. The zero-order valence-corrected chi connectivity index (χ0v) is 13.3. The van der Waals surface area contributed by atoms with Gasteiger partial charge in [0.15, 0.2) is 0 Å². The lowest BCUT2D eigenvalue weighted by Gasteiger charge is -2.37. The van der Waals surface area contributed by atoms with Crippen LogP contribution in [0.25, 0.3) is 0 Å². The van der Waals surface area contributed by atoms with Crippen molar-refractivity contribution in [2.45, 2.75) is 20.3 Å². The number of nitrogens with zero attached hydrogens (tertiary/aromatic N) is 1. The molecule has 1 aromatic rings. The molecule has 0 aliphatic carbocycles. The van der Waals surface area contributed by atoms with Crippen LogP contribution in [0.5, 0.6) is 0 Å². The van der Waals surface area contributed by atoms with Crippen molar-refractivity contribution in [1.82, 2.24) is 0 Å². The van der Waals surface area contributed by atoms with Crippen LogP contribution in [0.2, 0.25) is 5.02 Å². The maximum Gasteiger partial charge on any atom is 0.239 e. The normalized spacial score (nSPS) is 22.7. The number of benzene rings is 1. The predicted molar refractivity (Wildman–Crippen MR) is 86.0 cm³/mol. The van der Waals surface area contributed by atoms with Crippen LogP contribution in [0.3, 0.4) is 0 Å². The van der Waals surface area contributed by atoms with E-state index in [1.807, 2.05) is 12.1 Å². The van der Waals surface area contributed by atoms with E-state index >= 15 is 0 Å². The quantitative estimate of drug-likeness (QED) is 0.855. The Labute approximate surface area is 130 Å². The number of anilines is 2. The van der Waals surface area contributed by atoms with Gasteiger partial charge in [0.1, 0.15) is 5.88 Å². The summed E-state index contributed by atoms with van der Waals surface area (Å²) in [5.41, 5.74) is 1.76. The minimum atomic E-state index is -0.215. The maximum atomic E-state index is 11.6. The first-order valence-electron chi connectivity index (χ1n) is 6.90. The van der Waals surface area contributed by atoms with Crippen LogP contribution in [0, 0.1) is 11.8 Å². The number of piperidine rings is 1. The van der Waals surface area contributed by atoms with E-state index in [2.05, 4.69) is 24.1 Å². The fraction of sp³-hybridized carbons (Fsp3) is 0.533. The molecule has 3 nitrogen and oxygen atoms in total. The summed E-state index contributed by atoms with van der Waals surface area (Å²) in [6.45, 7) is 6.51. The summed E-state index contributed by atoms with van der Waals surface area (Å²) in [5, 5.41) is 3.44. The third kappa shape index (κ3) is 3.80. The van der Waals surface area contributed by atoms with E-state index in [0.29, 0.717) is 16.9 Å². The number of hydrogen-bond donors (Lipinski definition) is 1. The Balaban J connectivity index is 2.27. The van der Waals surface area contributed by atoms with E-state index in [4.69, 9.17) is 23.2 Å². The van der Waals surface area contributed by atoms with Gasteiger partial charge in [0.2, 0.25) is 5.91 Å². The van der Waals surface area contributed by atoms with Crippen molar-refractivity contribution in [3.63, 3.8) is 0 Å². The lowest BCUT2D eigenvalue weighted by molar-refractivity contribution is -0.113. The molecule has 1 aliphatic rings. The molecule has 1 heterocycles. The van der Waals surface area contributed by atoms with Gasteiger partial charge in [0.05, 0.1) is 11.4 Å². The van der Waals surface area contributed by atoms with Gasteiger partial charge in [-0.25, -0.2) is 0 Å². The van der Waals surface area contributed by atoms with E-state index in [9.17, 15) is 4.79 Å². The molecular formula is C15H20Cl2N2O. The molecule has 1 fully saturated rings. The highest BCUT2D eigenvalue weighted by molar-refractivity contribution is 6.31. The van der Waals surface area contributed by atoms with Crippen molar-refractivity contribution < 1.29 is 4.79 Å². The third-order valence-electron chi connectivity index (χ3n) is 3.56. The molecule has 2 rings (SSSR count). The molecular weight excluding hydrogens is 295 g/mol. The van der Waals surface area contributed by atoms with Gasteiger partial charge >= 0.3 is 0 Å². The first-order chi connectivity index (χ1) is 9.49. The van der Waals surface area contributed by atoms with Gasteiger partial charge in [-0.3, -0.25) is 4.79 Å². The molecule has 1 amide bonds. The number of carbonyl (C=O) groups is 1. The van der Waals surface area contributed by atoms with Crippen LogP contribution < -0.4 is 10.2 Å². The average Bonchev–Trinajstić information content (AvgIpc) is 2.37. The van der Waals surface area contributed by atoms with Gasteiger partial charge in [-0.15, -0.1) is 11.6 Å². The minimum Gasteiger partial charge on any atom is -0.369 e. The molecule has 0 aromatic heterocycles. The number of rotatable bonds is 3. The Morgan fingerprint density at radius 3 is 2.60 bits per heavy atom. The maximum absolute atomic E-state index is 11.6. The van der Waals surface area contributed by atoms with E-state index in [1.165, 1.54) is 6.42 Å². The smallest absolute Gasteiger partial charge is 0.239 e. The van der Waals surface area contributed by atoms with Crippen LogP contribution in [0.4, 0.5) is 11.4 Å².